The van der Waals surface area contributed by atoms with Crippen LogP contribution in [0.5, 0.6) is 0 Å². The van der Waals surface area contributed by atoms with Crippen LogP contribution in [0.2, 0.25) is 0 Å². The van der Waals surface area contributed by atoms with Crippen LogP contribution < -0.4 is 0 Å². The molecular weight excluding hydrogens is 467 g/mol. The zero-order chi connectivity index (χ0) is 24.2. The van der Waals surface area contributed by atoms with E-state index in [0.29, 0.717) is 48.4 Å². The van der Waals surface area contributed by atoms with Gasteiger partial charge in [0.05, 0.1) is 27.8 Å². The molecule has 0 aliphatic carbocycles. The Kier molecular flexibility index (Phi) is 5.19. The molecule has 1 amide bonds. The molecule has 1 unspecified atom stereocenters. The number of hydrogen-bond acceptors (Lipinski definition) is 5. The summed E-state index contributed by atoms with van der Waals surface area (Å²) in [7, 11) is -3.58. The molecule has 6 rings (SSSR count). The average molecular weight is 491 g/mol. The van der Waals surface area contributed by atoms with Gasteiger partial charge in [-0.25, -0.2) is 12.8 Å². The lowest BCUT2D eigenvalue weighted by molar-refractivity contribution is 0.0597. The van der Waals surface area contributed by atoms with Crippen molar-refractivity contribution in [2.75, 3.05) is 26.2 Å². The summed E-state index contributed by atoms with van der Waals surface area (Å²) in [6.45, 7) is 1.97. The number of carbonyl (C=O) groups excluding carboxylic acids is 1. The molecule has 2 aliphatic rings. The number of sulfone groups is 1. The van der Waals surface area contributed by atoms with E-state index in [0.717, 1.165) is 10.9 Å². The third kappa shape index (κ3) is 3.71. The Labute approximate surface area is 202 Å². The molecule has 4 aromatic rings. The van der Waals surface area contributed by atoms with Gasteiger partial charge in [-0.05, 0) is 41.0 Å². The number of hydrogen-bond donors (Lipinski definition) is 1. The Morgan fingerprint density at radius 3 is 2.63 bits per heavy atom. The van der Waals surface area contributed by atoms with Crippen LogP contribution in [0, 0.1) is 5.82 Å². The number of pyridine rings is 1. The fourth-order valence-electron chi connectivity index (χ4n) is 5.28. The average Bonchev–Trinajstić information content (AvgIpc) is 3.32. The number of aromatic amines is 1. The van der Waals surface area contributed by atoms with Crippen molar-refractivity contribution in [1.29, 1.82) is 0 Å². The Bertz CT molecular complexity index is 1560. The van der Waals surface area contributed by atoms with Crippen LogP contribution in [0.3, 0.4) is 0 Å². The lowest BCUT2D eigenvalue weighted by atomic mass is 9.93. The van der Waals surface area contributed by atoms with Crippen LogP contribution in [0.1, 0.15) is 33.1 Å². The third-order valence-corrected chi connectivity index (χ3v) is 8.69. The second kappa shape index (κ2) is 8.28. The topological polar surface area (TPSA) is 86.4 Å². The lowest BCUT2D eigenvalue weighted by Gasteiger charge is -2.40. The third-order valence-electron chi connectivity index (χ3n) is 6.96. The number of aromatic nitrogens is 2. The highest BCUT2D eigenvalue weighted by atomic mass is 32.2. The van der Waals surface area contributed by atoms with E-state index in [1.165, 1.54) is 12.1 Å². The maximum Gasteiger partial charge on any atom is 0.257 e. The maximum absolute atomic E-state index is 14.4. The molecule has 9 heteroatoms. The molecule has 1 fully saturated rings. The Balaban J connectivity index is 1.34. The highest BCUT2D eigenvalue weighted by Crippen LogP contribution is 2.40. The molecule has 1 N–H and O–H groups in total. The summed E-state index contributed by atoms with van der Waals surface area (Å²) in [5.74, 6) is -0.659. The fourth-order valence-corrected chi connectivity index (χ4v) is 6.93. The van der Waals surface area contributed by atoms with E-state index in [-0.39, 0.29) is 16.6 Å². The lowest BCUT2D eigenvalue weighted by Crippen LogP contribution is -2.50. The van der Waals surface area contributed by atoms with Gasteiger partial charge in [0.2, 0.25) is 0 Å². The normalized spacial score (nSPS) is 19.7. The molecule has 0 bridgehead atoms. The highest BCUT2D eigenvalue weighted by Gasteiger charge is 2.36. The molecule has 2 aliphatic heterocycles. The van der Waals surface area contributed by atoms with Gasteiger partial charge in [0.15, 0.2) is 9.84 Å². The summed E-state index contributed by atoms with van der Waals surface area (Å²) in [6, 6.07) is 12.8. The minimum Gasteiger partial charge on any atom is -0.360 e. The molecule has 35 heavy (non-hydrogen) atoms. The number of nitrogens with zero attached hydrogens (tertiary/aromatic N) is 3. The first kappa shape index (κ1) is 21.9. The van der Waals surface area contributed by atoms with Crippen LogP contribution in [0.15, 0.2) is 72.0 Å². The SMILES string of the molecule is O=C(c1cncc2cc[nH]c12)N1CCN(C2c3cc(F)ccc3CS(=O)(=O)c3ccccc32)CC1. The molecular formula is C26H23FN4O3S. The zero-order valence-electron chi connectivity index (χ0n) is 18.8. The van der Waals surface area contributed by atoms with Crippen molar-refractivity contribution < 1.29 is 17.6 Å². The molecule has 1 atom stereocenters. The van der Waals surface area contributed by atoms with Crippen molar-refractivity contribution in [1.82, 2.24) is 19.8 Å². The second-order valence-corrected chi connectivity index (χ2v) is 11.0. The second-order valence-electron chi connectivity index (χ2n) is 9.00. The number of H-pyrrole nitrogens is 1. The Morgan fingerprint density at radius 2 is 1.80 bits per heavy atom. The first-order valence-corrected chi connectivity index (χ1v) is 13.1. The van der Waals surface area contributed by atoms with E-state index in [1.54, 1.807) is 41.7 Å². The molecule has 2 aromatic carbocycles. The van der Waals surface area contributed by atoms with E-state index in [1.807, 2.05) is 18.2 Å². The van der Waals surface area contributed by atoms with Gasteiger partial charge in [0, 0.05) is 50.2 Å². The van der Waals surface area contributed by atoms with Gasteiger partial charge < -0.3 is 9.88 Å². The zero-order valence-corrected chi connectivity index (χ0v) is 19.6. The number of carbonyl (C=O) groups is 1. The molecule has 0 spiro atoms. The minimum atomic E-state index is -3.58. The van der Waals surface area contributed by atoms with Gasteiger partial charge in [-0.3, -0.25) is 14.7 Å². The number of benzene rings is 2. The predicted octanol–water partition coefficient (Wildman–Crippen LogP) is 3.54. The maximum atomic E-state index is 14.4. The van der Waals surface area contributed by atoms with Crippen molar-refractivity contribution in [2.24, 2.45) is 0 Å². The summed E-state index contributed by atoms with van der Waals surface area (Å²) < 4.78 is 40.7. The fraction of sp³-hybridized carbons (Fsp3) is 0.231. The number of piperazine rings is 1. The standard InChI is InChI=1S/C26H23FN4O3S/c27-19-6-5-18-16-35(33,34)23-4-2-1-3-20(23)25(21(18)13-19)30-9-11-31(12-10-30)26(32)22-15-28-14-17-7-8-29-24(17)22/h1-8,13-15,25,29H,9-12,16H2. The number of rotatable bonds is 2. The van der Waals surface area contributed by atoms with Gasteiger partial charge >= 0.3 is 0 Å². The van der Waals surface area contributed by atoms with E-state index in [4.69, 9.17) is 0 Å². The molecule has 7 nitrogen and oxygen atoms in total. The number of fused-ring (bicyclic) bond motifs is 3. The molecule has 0 radical (unpaired) electrons. The molecule has 1 saturated heterocycles. The van der Waals surface area contributed by atoms with E-state index >= 15 is 0 Å². The molecule has 0 saturated carbocycles. The van der Waals surface area contributed by atoms with Crippen LogP contribution in [-0.2, 0) is 15.6 Å². The van der Waals surface area contributed by atoms with Gasteiger partial charge in [-0.15, -0.1) is 0 Å². The van der Waals surface area contributed by atoms with Crippen LogP contribution in [0.4, 0.5) is 4.39 Å². The monoisotopic (exact) mass is 490 g/mol. The number of nitrogens with one attached hydrogen (secondary N) is 1. The van der Waals surface area contributed by atoms with Gasteiger partial charge in [0.25, 0.3) is 5.91 Å². The number of amides is 1. The van der Waals surface area contributed by atoms with Crippen molar-refractivity contribution in [3.05, 3.63) is 95.2 Å². The van der Waals surface area contributed by atoms with Crippen molar-refractivity contribution in [3.8, 4) is 0 Å². The Hall–Kier alpha value is -3.56. The van der Waals surface area contributed by atoms with Gasteiger partial charge in [-0.1, -0.05) is 24.3 Å². The first-order valence-electron chi connectivity index (χ1n) is 11.5. The molecule has 178 valence electrons. The summed E-state index contributed by atoms with van der Waals surface area (Å²) in [4.78, 5) is 24.8. The van der Waals surface area contributed by atoms with Gasteiger partial charge in [-0.2, -0.15) is 0 Å². The van der Waals surface area contributed by atoms with E-state index in [2.05, 4.69) is 14.9 Å². The predicted molar refractivity (Wildman–Crippen MR) is 129 cm³/mol. The van der Waals surface area contributed by atoms with Crippen LogP contribution >= 0.6 is 0 Å². The van der Waals surface area contributed by atoms with Crippen LogP contribution in [0.25, 0.3) is 10.9 Å². The summed E-state index contributed by atoms with van der Waals surface area (Å²) in [5, 5.41) is 0.879. The van der Waals surface area contributed by atoms with Crippen molar-refractivity contribution in [3.63, 3.8) is 0 Å². The van der Waals surface area contributed by atoms with Crippen molar-refractivity contribution in [2.45, 2.75) is 16.7 Å². The van der Waals surface area contributed by atoms with Crippen molar-refractivity contribution >= 4 is 26.6 Å². The first-order chi connectivity index (χ1) is 16.9. The molecule has 2 aromatic heterocycles. The van der Waals surface area contributed by atoms with E-state index in [9.17, 15) is 17.6 Å². The summed E-state index contributed by atoms with van der Waals surface area (Å²) in [6.07, 6.45) is 5.09. The summed E-state index contributed by atoms with van der Waals surface area (Å²) in [5.41, 5.74) is 3.21. The van der Waals surface area contributed by atoms with Gasteiger partial charge in [0.1, 0.15) is 5.82 Å². The smallest absolute Gasteiger partial charge is 0.257 e. The van der Waals surface area contributed by atoms with Crippen LogP contribution in [-0.4, -0.2) is 60.3 Å². The quantitative estimate of drug-likeness (QED) is 0.465. The molecule has 4 heterocycles. The summed E-state index contributed by atoms with van der Waals surface area (Å²) >= 11 is 0. The van der Waals surface area contributed by atoms with E-state index < -0.39 is 21.7 Å². The largest absolute Gasteiger partial charge is 0.360 e. The highest BCUT2D eigenvalue weighted by molar-refractivity contribution is 7.90. The Morgan fingerprint density at radius 1 is 1.00 bits per heavy atom. The minimum absolute atomic E-state index is 0.0968. The number of halogens is 1.